The van der Waals surface area contributed by atoms with Crippen LogP contribution in [0.25, 0.3) is 22.7 Å². The summed E-state index contributed by atoms with van der Waals surface area (Å²) in [5.74, 6) is 1.82. The number of oxazole rings is 1. The topological polar surface area (TPSA) is 76.8 Å². The van der Waals surface area contributed by atoms with E-state index in [1.807, 2.05) is 19.9 Å². The number of pyridine rings is 1. The van der Waals surface area contributed by atoms with Crippen molar-refractivity contribution < 1.29 is 9.15 Å². The van der Waals surface area contributed by atoms with E-state index in [0.717, 1.165) is 11.2 Å². The first-order valence-electron chi connectivity index (χ1n) is 5.68. The van der Waals surface area contributed by atoms with Crippen LogP contribution in [0.2, 0.25) is 0 Å². The number of nitrogens with one attached hydrogen (secondary N) is 1. The van der Waals surface area contributed by atoms with Crippen LogP contribution >= 0.6 is 0 Å². The van der Waals surface area contributed by atoms with E-state index in [-0.39, 0.29) is 0 Å². The molecule has 1 N–H and O–H groups in total. The van der Waals surface area contributed by atoms with Gasteiger partial charge < -0.3 is 14.1 Å². The smallest absolute Gasteiger partial charge is 0.215 e. The Hall–Kier alpha value is -2.37. The van der Waals surface area contributed by atoms with Gasteiger partial charge in [-0.15, -0.1) is 0 Å². The molecule has 6 nitrogen and oxygen atoms in total. The molecule has 18 heavy (non-hydrogen) atoms. The number of hydrogen-bond acceptors (Lipinski definition) is 5. The zero-order valence-electron chi connectivity index (χ0n) is 10.1. The molecule has 3 heterocycles. The number of nitrogens with zero attached hydrogens (tertiary/aromatic N) is 3. The van der Waals surface area contributed by atoms with Crippen LogP contribution in [-0.4, -0.2) is 26.5 Å². The quantitative estimate of drug-likeness (QED) is 0.765. The van der Waals surface area contributed by atoms with Crippen molar-refractivity contribution >= 4 is 11.2 Å². The Morgan fingerprint density at radius 2 is 2.22 bits per heavy atom. The van der Waals surface area contributed by atoms with Crippen molar-refractivity contribution in [3.8, 4) is 17.5 Å². The van der Waals surface area contributed by atoms with Crippen LogP contribution in [-0.2, 0) is 0 Å². The predicted molar refractivity (Wildman–Crippen MR) is 65.3 cm³/mol. The highest BCUT2D eigenvalue weighted by Gasteiger charge is 2.13. The molecule has 0 aliphatic rings. The number of ether oxygens (including phenoxy) is 1. The molecular formula is C12H12N4O2. The lowest BCUT2D eigenvalue weighted by Crippen LogP contribution is -1.93. The van der Waals surface area contributed by atoms with Gasteiger partial charge in [0.1, 0.15) is 0 Å². The number of fused-ring (bicyclic) bond motifs is 1. The van der Waals surface area contributed by atoms with Gasteiger partial charge in [-0.2, -0.15) is 4.98 Å². The summed E-state index contributed by atoms with van der Waals surface area (Å²) in [6.45, 7) is 4.36. The van der Waals surface area contributed by atoms with Crippen molar-refractivity contribution in [2.45, 2.75) is 13.8 Å². The van der Waals surface area contributed by atoms with Crippen molar-refractivity contribution in [3.63, 3.8) is 0 Å². The largest absolute Gasteiger partial charge is 0.478 e. The molecule has 0 spiro atoms. The van der Waals surface area contributed by atoms with E-state index in [4.69, 9.17) is 9.15 Å². The fourth-order valence-corrected chi connectivity index (χ4v) is 1.74. The Morgan fingerprint density at radius 3 is 2.94 bits per heavy atom. The molecular weight excluding hydrogens is 232 g/mol. The van der Waals surface area contributed by atoms with Crippen LogP contribution in [0.5, 0.6) is 5.88 Å². The molecule has 0 radical (unpaired) electrons. The fourth-order valence-electron chi connectivity index (χ4n) is 1.74. The minimum atomic E-state index is 0.567. The van der Waals surface area contributed by atoms with Gasteiger partial charge in [0.05, 0.1) is 17.8 Å². The summed E-state index contributed by atoms with van der Waals surface area (Å²) in [7, 11) is 0. The van der Waals surface area contributed by atoms with Crippen molar-refractivity contribution in [1.82, 2.24) is 19.9 Å². The van der Waals surface area contributed by atoms with Crippen LogP contribution < -0.4 is 4.74 Å². The zero-order valence-corrected chi connectivity index (χ0v) is 10.1. The summed E-state index contributed by atoms with van der Waals surface area (Å²) in [4.78, 5) is 15.9. The summed E-state index contributed by atoms with van der Waals surface area (Å²) < 4.78 is 10.6. The van der Waals surface area contributed by atoms with Gasteiger partial charge in [-0.3, -0.25) is 0 Å². The van der Waals surface area contributed by atoms with Crippen molar-refractivity contribution in [2.24, 2.45) is 0 Å². The molecule has 0 bridgehead atoms. The Kier molecular flexibility index (Phi) is 2.47. The molecule has 6 heteroatoms. The maximum Gasteiger partial charge on any atom is 0.215 e. The first kappa shape index (κ1) is 10.8. The Bertz CT molecular complexity index is 686. The second kappa shape index (κ2) is 4.14. The zero-order chi connectivity index (χ0) is 12.5. The summed E-state index contributed by atoms with van der Waals surface area (Å²) in [6, 6.07) is 3.69. The van der Waals surface area contributed by atoms with Gasteiger partial charge in [0.2, 0.25) is 5.88 Å². The average molecular weight is 244 g/mol. The number of aromatic amines is 1. The van der Waals surface area contributed by atoms with Gasteiger partial charge in [-0.1, -0.05) is 0 Å². The molecule has 0 saturated carbocycles. The van der Waals surface area contributed by atoms with Gasteiger partial charge >= 0.3 is 0 Å². The van der Waals surface area contributed by atoms with Gasteiger partial charge in [0.15, 0.2) is 23.6 Å². The molecule has 3 aromatic heterocycles. The van der Waals surface area contributed by atoms with Crippen LogP contribution in [0, 0.1) is 6.92 Å². The lowest BCUT2D eigenvalue weighted by atomic mass is 10.3. The third-order valence-corrected chi connectivity index (χ3v) is 2.57. The third-order valence-electron chi connectivity index (χ3n) is 2.57. The first-order chi connectivity index (χ1) is 8.78. The van der Waals surface area contributed by atoms with Gasteiger partial charge in [-0.25, -0.2) is 9.97 Å². The van der Waals surface area contributed by atoms with Crippen molar-refractivity contribution in [1.29, 1.82) is 0 Å². The predicted octanol–water partition coefficient (Wildman–Crippen LogP) is 2.32. The third kappa shape index (κ3) is 1.71. The van der Waals surface area contributed by atoms with Gasteiger partial charge in [0, 0.05) is 6.07 Å². The average Bonchev–Trinajstić information content (AvgIpc) is 2.94. The maximum atomic E-state index is 5.34. The molecule has 0 aliphatic heterocycles. The van der Waals surface area contributed by atoms with Gasteiger partial charge in [-0.05, 0) is 19.9 Å². The van der Waals surface area contributed by atoms with E-state index < -0.39 is 0 Å². The molecule has 3 aromatic rings. The highest BCUT2D eigenvalue weighted by atomic mass is 16.5. The molecule has 0 saturated heterocycles. The van der Waals surface area contributed by atoms with E-state index in [9.17, 15) is 0 Å². The molecule has 3 rings (SSSR count). The number of imidazole rings is 1. The van der Waals surface area contributed by atoms with E-state index in [1.165, 1.54) is 6.39 Å². The molecule has 0 unspecified atom stereocenters. The van der Waals surface area contributed by atoms with Gasteiger partial charge in [0.25, 0.3) is 0 Å². The van der Waals surface area contributed by atoms with E-state index >= 15 is 0 Å². The normalized spacial score (nSPS) is 11.0. The van der Waals surface area contributed by atoms with E-state index in [0.29, 0.717) is 29.7 Å². The SMILES string of the molecule is CCOc1ccc2[nH]c(-c3ocnc3C)nc2n1. The second-order valence-corrected chi connectivity index (χ2v) is 3.81. The summed E-state index contributed by atoms with van der Waals surface area (Å²) in [6.07, 6.45) is 1.40. The minimum Gasteiger partial charge on any atom is -0.478 e. The summed E-state index contributed by atoms with van der Waals surface area (Å²) in [5, 5.41) is 0. The standard InChI is InChI=1S/C12H12N4O2/c1-3-17-9-5-4-8-11(15-9)16-12(14-8)10-7(2)13-6-18-10/h4-6H,3H2,1-2H3,(H,14,15,16). The number of rotatable bonds is 3. The molecule has 0 fully saturated rings. The highest BCUT2D eigenvalue weighted by Crippen LogP contribution is 2.23. The lowest BCUT2D eigenvalue weighted by molar-refractivity contribution is 0.328. The Morgan fingerprint density at radius 1 is 1.33 bits per heavy atom. The number of H-pyrrole nitrogens is 1. The Balaban J connectivity index is 2.08. The van der Waals surface area contributed by atoms with Crippen LogP contribution in [0.1, 0.15) is 12.6 Å². The molecule has 0 amide bonds. The van der Waals surface area contributed by atoms with Crippen LogP contribution in [0.4, 0.5) is 0 Å². The summed E-state index contributed by atoms with van der Waals surface area (Å²) >= 11 is 0. The first-order valence-corrected chi connectivity index (χ1v) is 5.68. The second-order valence-electron chi connectivity index (χ2n) is 3.81. The lowest BCUT2D eigenvalue weighted by Gasteiger charge is -1.99. The van der Waals surface area contributed by atoms with E-state index in [1.54, 1.807) is 6.07 Å². The maximum absolute atomic E-state index is 5.34. The molecule has 0 atom stereocenters. The minimum absolute atomic E-state index is 0.567. The number of hydrogen-bond donors (Lipinski definition) is 1. The fraction of sp³-hybridized carbons (Fsp3) is 0.250. The highest BCUT2D eigenvalue weighted by molar-refractivity contribution is 5.75. The molecule has 0 aromatic carbocycles. The van der Waals surface area contributed by atoms with Crippen LogP contribution in [0.15, 0.2) is 22.9 Å². The van der Waals surface area contributed by atoms with Crippen LogP contribution in [0.3, 0.4) is 0 Å². The molecule has 0 aliphatic carbocycles. The Labute approximate surface area is 103 Å². The number of aryl methyl sites for hydroxylation is 1. The summed E-state index contributed by atoms with van der Waals surface area (Å²) in [5.41, 5.74) is 2.23. The molecule has 92 valence electrons. The van der Waals surface area contributed by atoms with Crippen molar-refractivity contribution in [3.05, 3.63) is 24.2 Å². The monoisotopic (exact) mass is 244 g/mol. The number of aromatic nitrogens is 4. The van der Waals surface area contributed by atoms with Crippen molar-refractivity contribution in [2.75, 3.05) is 6.61 Å². The van der Waals surface area contributed by atoms with E-state index in [2.05, 4.69) is 19.9 Å².